The van der Waals surface area contributed by atoms with Gasteiger partial charge in [-0.1, -0.05) is 39.8 Å². The Morgan fingerprint density at radius 2 is 1.31 bits per heavy atom. The fraction of sp³-hybridized carbons (Fsp3) is 0.462. The monoisotopic (exact) mass is 655 g/mol. The van der Waals surface area contributed by atoms with Crippen LogP contribution in [0.3, 0.4) is 0 Å². The SMILES string of the molecule is CC.CC.COC(=O)c1ccc2c(c1)CC1(CC2)CCN(c2cccnc2)C1=O.COC(=O)c1ccc2c(c1)CC1(CCNC1=O)CC2. The highest BCUT2D eigenvalue weighted by atomic mass is 16.5. The number of nitrogens with zero attached hydrogens (tertiary/aromatic N) is 2. The molecule has 1 N–H and O–H groups in total. The number of hydrogen-bond donors (Lipinski definition) is 1. The summed E-state index contributed by atoms with van der Waals surface area (Å²) in [6.07, 6.45) is 10.1. The van der Waals surface area contributed by atoms with Crippen LogP contribution in [0.2, 0.25) is 0 Å². The van der Waals surface area contributed by atoms with Gasteiger partial charge in [-0.3, -0.25) is 14.6 Å². The average molecular weight is 656 g/mol. The number of hydrogen-bond acceptors (Lipinski definition) is 7. The van der Waals surface area contributed by atoms with Gasteiger partial charge >= 0.3 is 11.9 Å². The van der Waals surface area contributed by atoms with Gasteiger partial charge in [-0.2, -0.15) is 0 Å². The smallest absolute Gasteiger partial charge is 0.337 e. The van der Waals surface area contributed by atoms with Gasteiger partial charge < -0.3 is 19.7 Å². The Labute approximate surface area is 284 Å². The number of aromatic nitrogens is 1. The molecule has 4 aliphatic rings. The maximum absolute atomic E-state index is 13.2. The number of carbonyl (C=O) groups is 4. The molecule has 9 nitrogen and oxygen atoms in total. The zero-order chi connectivity index (χ0) is 34.9. The summed E-state index contributed by atoms with van der Waals surface area (Å²) < 4.78 is 9.57. The van der Waals surface area contributed by atoms with Crippen molar-refractivity contribution in [3.05, 3.63) is 94.3 Å². The van der Waals surface area contributed by atoms with Crippen molar-refractivity contribution in [2.24, 2.45) is 10.8 Å². The van der Waals surface area contributed by atoms with Crippen LogP contribution in [0.1, 0.15) is 96.3 Å². The summed E-state index contributed by atoms with van der Waals surface area (Å²) in [6.45, 7) is 9.49. The van der Waals surface area contributed by atoms with Crippen LogP contribution >= 0.6 is 0 Å². The van der Waals surface area contributed by atoms with Crippen molar-refractivity contribution in [2.75, 3.05) is 32.2 Å². The summed E-state index contributed by atoms with van der Waals surface area (Å²) in [6, 6.07) is 15.1. The molecule has 2 spiro atoms. The van der Waals surface area contributed by atoms with Gasteiger partial charge in [-0.05, 0) is 110 Å². The second-order valence-corrected chi connectivity index (χ2v) is 12.3. The first kappa shape index (κ1) is 36.3. The molecule has 1 aromatic heterocycles. The molecule has 2 atom stereocenters. The molecule has 2 aliphatic heterocycles. The Morgan fingerprint density at radius 3 is 1.81 bits per heavy atom. The van der Waals surface area contributed by atoms with Crippen molar-refractivity contribution >= 4 is 29.4 Å². The Hall–Kier alpha value is -4.53. The lowest BCUT2D eigenvalue weighted by molar-refractivity contribution is -0.128. The lowest BCUT2D eigenvalue weighted by Crippen LogP contribution is -2.38. The highest BCUT2D eigenvalue weighted by Crippen LogP contribution is 2.45. The molecule has 0 saturated carbocycles. The Kier molecular flexibility index (Phi) is 12.1. The van der Waals surface area contributed by atoms with Crippen molar-refractivity contribution in [3.8, 4) is 0 Å². The lowest BCUT2D eigenvalue weighted by atomic mass is 9.70. The number of methoxy groups -OCH3 is 2. The fourth-order valence-electron chi connectivity index (χ4n) is 7.31. The van der Waals surface area contributed by atoms with E-state index in [4.69, 9.17) is 9.47 Å². The zero-order valence-electron chi connectivity index (χ0n) is 29.2. The summed E-state index contributed by atoms with van der Waals surface area (Å²) in [4.78, 5) is 54.6. The number of anilines is 1. The molecule has 7 rings (SSSR count). The number of rotatable bonds is 3. The van der Waals surface area contributed by atoms with Crippen LogP contribution in [0.15, 0.2) is 60.9 Å². The van der Waals surface area contributed by atoms with Crippen LogP contribution in [0.5, 0.6) is 0 Å². The molecule has 9 heteroatoms. The molecule has 2 amide bonds. The van der Waals surface area contributed by atoms with E-state index < -0.39 is 0 Å². The summed E-state index contributed by atoms with van der Waals surface area (Å²) in [5.41, 5.74) is 6.05. The molecule has 2 saturated heterocycles. The van der Waals surface area contributed by atoms with E-state index in [9.17, 15) is 19.2 Å². The molecule has 2 aromatic carbocycles. The molecule has 256 valence electrons. The van der Waals surface area contributed by atoms with Crippen molar-refractivity contribution in [2.45, 2.75) is 79.1 Å². The zero-order valence-corrected chi connectivity index (χ0v) is 29.2. The number of ether oxygens (including phenoxy) is 2. The Balaban J connectivity index is 0.000000202. The normalized spacial score (nSPS) is 21.7. The highest BCUT2D eigenvalue weighted by molar-refractivity contribution is 6.00. The van der Waals surface area contributed by atoms with Crippen molar-refractivity contribution in [3.63, 3.8) is 0 Å². The van der Waals surface area contributed by atoms with Gasteiger partial charge in [0.05, 0.1) is 48.1 Å². The minimum atomic E-state index is -0.364. The van der Waals surface area contributed by atoms with Crippen LogP contribution in [-0.4, -0.2) is 56.0 Å². The van der Waals surface area contributed by atoms with E-state index in [1.54, 1.807) is 24.5 Å². The first-order chi connectivity index (χ1) is 23.3. The van der Waals surface area contributed by atoms with Gasteiger partial charge in [0.25, 0.3) is 0 Å². The molecule has 3 aromatic rings. The van der Waals surface area contributed by atoms with Crippen LogP contribution in [0.25, 0.3) is 0 Å². The van der Waals surface area contributed by atoms with Crippen LogP contribution in [-0.2, 0) is 44.7 Å². The van der Waals surface area contributed by atoms with Gasteiger partial charge in [-0.25, -0.2) is 9.59 Å². The molecule has 3 heterocycles. The van der Waals surface area contributed by atoms with E-state index in [-0.39, 0.29) is 34.6 Å². The van der Waals surface area contributed by atoms with Crippen LogP contribution < -0.4 is 10.2 Å². The van der Waals surface area contributed by atoms with Crippen LogP contribution in [0, 0.1) is 10.8 Å². The predicted molar refractivity (Wildman–Crippen MR) is 186 cm³/mol. The number of nitrogens with one attached hydrogen (secondary N) is 1. The molecule has 2 unspecified atom stereocenters. The van der Waals surface area contributed by atoms with Gasteiger partial charge in [0.1, 0.15) is 0 Å². The third kappa shape index (κ3) is 7.30. The maximum Gasteiger partial charge on any atom is 0.337 e. The first-order valence-corrected chi connectivity index (χ1v) is 17.2. The van der Waals surface area contributed by atoms with Crippen LogP contribution in [0.4, 0.5) is 5.69 Å². The molecular formula is C39H49N3O6. The number of pyridine rings is 1. The van der Waals surface area contributed by atoms with E-state index in [1.807, 2.05) is 69.0 Å². The van der Waals surface area contributed by atoms with Gasteiger partial charge in [0.2, 0.25) is 11.8 Å². The molecule has 2 aliphatic carbocycles. The molecule has 2 fully saturated rings. The Morgan fingerprint density at radius 1 is 0.750 bits per heavy atom. The Bertz CT molecular complexity index is 1620. The van der Waals surface area contributed by atoms with Crippen molar-refractivity contribution in [1.29, 1.82) is 0 Å². The minimum Gasteiger partial charge on any atom is -0.465 e. The summed E-state index contributed by atoms with van der Waals surface area (Å²) >= 11 is 0. The summed E-state index contributed by atoms with van der Waals surface area (Å²) in [5, 5.41) is 2.93. The fourth-order valence-corrected chi connectivity index (χ4v) is 7.31. The second-order valence-electron chi connectivity index (χ2n) is 12.3. The van der Waals surface area contributed by atoms with E-state index in [0.29, 0.717) is 17.5 Å². The highest BCUT2D eigenvalue weighted by Gasteiger charge is 2.48. The number of aryl methyl sites for hydroxylation is 2. The average Bonchev–Trinajstić information content (AvgIpc) is 3.66. The van der Waals surface area contributed by atoms with Gasteiger partial charge in [0.15, 0.2) is 0 Å². The van der Waals surface area contributed by atoms with Gasteiger partial charge in [-0.15, -0.1) is 0 Å². The largest absolute Gasteiger partial charge is 0.465 e. The number of amides is 2. The quantitative estimate of drug-likeness (QED) is 0.330. The first-order valence-electron chi connectivity index (χ1n) is 17.2. The third-order valence-electron chi connectivity index (χ3n) is 9.90. The lowest BCUT2D eigenvalue weighted by Gasteiger charge is -2.33. The van der Waals surface area contributed by atoms with E-state index in [2.05, 4.69) is 10.3 Å². The number of carbonyl (C=O) groups excluding carboxylic acids is 4. The van der Waals surface area contributed by atoms with E-state index >= 15 is 0 Å². The third-order valence-corrected chi connectivity index (χ3v) is 9.90. The standard InChI is InChI=1S/C20H20N2O3.C15H17NO3.2C2H6/c1-25-18(23)15-5-4-14-6-7-20(12-16(14)11-15)8-10-22(19(20)24)17-3-2-9-21-13-17;1-19-13(17)11-3-2-10-4-5-15(9-12(10)8-11)6-7-16-14(15)18;2*1-2/h2-5,9,11,13H,6-8,10,12H2,1H3;2-3,8H,4-7,9H2,1H3,(H,16,18);2*1-2H3. The molecule has 0 radical (unpaired) electrons. The predicted octanol–water partition coefficient (Wildman–Crippen LogP) is 6.30. The molecule has 0 bridgehead atoms. The van der Waals surface area contributed by atoms with Crippen molar-refractivity contribution in [1.82, 2.24) is 10.3 Å². The van der Waals surface area contributed by atoms with Gasteiger partial charge in [0, 0.05) is 19.3 Å². The topological polar surface area (TPSA) is 115 Å². The van der Waals surface area contributed by atoms with E-state index in [0.717, 1.165) is 74.8 Å². The number of benzene rings is 2. The number of fused-ring (bicyclic) bond motifs is 2. The van der Waals surface area contributed by atoms with E-state index in [1.165, 1.54) is 25.3 Å². The summed E-state index contributed by atoms with van der Waals surface area (Å²) in [7, 11) is 2.77. The van der Waals surface area contributed by atoms with Crippen molar-refractivity contribution < 1.29 is 28.7 Å². The second kappa shape index (κ2) is 16.0. The molecule has 48 heavy (non-hydrogen) atoms. The molecular weight excluding hydrogens is 606 g/mol. The maximum atomic E-state index is 13.2. The minimum absolute atomic E-state index is 0.168. The summed E-state index contributed by atoms with van der Waals surface area (Å²) in [5.74, 6) is -0.313. The number of esters is 2.